The predicted molar refractivity (Wildman–Crippen MR) is 85.3 cm³/mol. The van der Waals surface area contributed by atoms with Crippen molar-refractivity contribution in [2.45, 2.75) is 43.4 Å². The normalized spacial score (nSPS) is 11.9. The molecule has 0 fully saturated rings. The summed E-state index contributed by atoms with van der Waals surface area (Å²) in [6.07, 6.45) is -2.57. The van der Waals surface area contributed by atoms with E-state index in [-0.39, 0.29) is 5.92 Å². The van der Waals surface area contributed by atoms with Gasteiger partial charge in [0.1, 0.15) is 5.82 Å². The average molecular weight is 341 g/mol. The van der Waals surface area contributed by atoms with Crippen molar-refractivity contribution in [3.8, 4) is 0 Å². The third-order valence-corrected chi connectivity index (χ3v) is 4.23. The third-order valence-electron chi connectivity index (χ3n) is 3.20. The molecule has 124 valence electrons. The summed E-state index contributed by atoms with van der Waals surface area (Å²) in [5.74, 6) is 1.46. The number of halogens is 3. The van der Waals surface area contributed by atoms with Crippen LogP contribution in [-0.4, -0.2) is 14.8 Å². The maximum absolute atomic E-state index is 12.7. The lowest BCUT2D eigenvalue weighted by atomic mass is 10.1. The van der Waals surface area contributed by atoms with E-state index in [2.05, 4.69) is 16.8 Å². The molecule has 7 heteroatoms. The zero-order valence-corrected chi connectivity index (χ0v) is 13.8. The van der Waals surface area contributed by atoms with E-state index in [0.717, 1.165) is 11.9 Å². The zero-order valence-electron chi connectivity index (χ0n) is 13.0. The second-order valence-corrected chi connectivity index (χ2v) is 6.32. The molecule has 23 heavy (non-hydrogen) atoms. The molecule has 0 unspecified atom stereocenters. The molecule has 0 aliphatic rings. The van der Waals surface area contributed by atoms with E-state index in [9.17, 15) is 13.2 Å². The molecule has 0 radical (unpaired) electrons. The summed E-state index contributed by atoms with van der Waals surface area (Å²) >= 11 is 1.37. The number of allylic oxidation sites excluding steroid dienone is 1. The molecule has 0 atom stereocenters. The van der Waals surface area contributed by atoms with Crippen LogP contribution in [0, 0.1) is 0 Å². The van der Waals surface area contributed by atoms with Crippen LogP contribution >= 0.6 is 11.8 Å². The van der Waals surface area contributed by atoms with Crippen LogP contribution in [0.4, 0.5) is 13.2 Å². The van der Waals surface area contributed by atoms with Gasteiger partial charge in [0, 0.05) is 18.2 Å². The number of hydrogen-bond acceptors (Lipinski definition) is 3. The molecule has 2 aromatic rings. The third kappa shape index (κ3) is 4.37. The van der Waals surface area contributed by atoms with Crippen LogP contribution in [0.3, 0.4) is 0 Å². The van der Waals surface area contributed by atoms with Crippen LogP contribution in [-0.2, 0) is 18.5 Å². The molecule has 0 saturated carbocycles. The fourth-order valence-electron chi connectivity index (χ4n) is 2.12. The number of aromatic nitrogens is 3. The van der Waals surface area contributed by atoms with Crippen LogP contribution in [0.25, 0.3) is 0 Å². The zero-order chi connectivity index (χ0) is 17.0. The van der Waals surface area contributed by atoms with Crippen molar-refractivity contribution in [3.63, 3.8) is 0 Å². The van der Waals surface area contributed by atoms with Crippen molar-refractivity contribution in [1.29, 1.82) is 0 Å². The Kier molecular flexibility index (Phi) is 5.51. The molecular formula is C16H18F3N3S. The van der Waals surface area contributed by atoms with Gasteiger partial charge in [-0.25, -0.2) is 0 Å². The number of benzene rings is 1. The van der Waals surface area contributed by atoms with Crippen LogP contribution in [0.2, 0.25) is 0 Å². The van der Waals surface area contributed by atoms with Gasteiger partial charge >= 0.3 is 6.18 Å². The van der Waals surface area contributed by atoms with E-state index >= 15 is 0 Å². The molecule has 0 amide bonds. The van der Waals surface area contributed by atoms with Gasteiger partial charge in [0.15, 0.2) is 5.16 Å². The molecule has 0 aliphatic carbocycles. The first-order chi connectivity index (χ1) is 10.8. The van der Waals surface area contributed by atoms with E-state index in [0.29, 0.717) is 23.0 Å². The molecule has 0 bridgehead atoms. The Morgan fingerprint density at radius 2 is 2.04 bits per heavy atom. The second-order valence-electron chi connectivity index (χ2n) is 5.38. The summed E-state index contributed by atoms with van der Waals surface area (Å²) in [7, 11) is 0. The Bertz CT molecular complexity index is 677. The molecule has 0 spiro atoms. The lowest BCUT2D eigenvalue weighted by Crippen LogP contribution is -2.06. The average Bonchev–Trinajstić information content (AvgIpc) is 2.88. The highest BCUT2D eigenvalue weighted by Crippen LogP contribution is 2.31. The smallest absolute Gasteiger partial charge is 0.302 e. The minimum absolute atomic E-state index is 0.213. The van der Waals surface area contributed by atoms with E-state index < -0.39 is 11.7 Å². The standard InChI is InChI=1S/C16H18F3N3S/c1-4-8-22-14(11(2)3)20-21-15(22)23-10-12-6-5-7-13(9-12)16(17,18)19/h4-7,9,11H,1,8,10H2,2-3H3. The molecule has 1 heterocycles. The maximum atomic E-state index is 12.7. The number of nitrogens with zero attached hydrogens (tertiary/aromatic N) is 3. The van der Waals surface area contributed by atoms with Crippen molar-refractivity contribution >= 4 is 11.8 Å². The Morgan fingerprint density at radius 3 is 2.65 bits per heavy atom. The Morgan fingerprint density at radius 1 is 1.30 bits per heavy atom. The van der Waals surface area contributed by atoms with Crippen molar-refractivity contribution in [2.24, 2.45) is 0 Å². The number of hydrogen-bond donors (Lipinski definition) is 0. The highest BCUT2D eigenvalue weighted by atomic mass is 32.2. The summed E-state index contributed by atoms with van der Waals surface area (Å²) in [6, 6.07) is 5.35. The van der Waals surface area contributed by atoms with Gasteiger partial charge in [0.05, 0.1) is 5.56 Å². The van der Waals surface area contributed by atoms with Crippen molar-refractivity contribution in [1.82, 2.24) is 14.8 Å². The SMILES string of the molecule is C=CCn1c(SCc2cccc(C(F)(F)F)c2)nnc1C(C)C. The molecule has 1 aromatic carbocycles. The van der Waals surface area contributed by atoms with Crippen molar-refractivity contribution in [3.05, 3.63) is 53.9 Å². The molecule has 0 N–H and O–H groups in total. The summed E-state index contributed by atoms with van der Waals surface area (Å²) < 4.78 is 40.2. The van der Waals surface area contributed by atoms with Gasteiger partial charge in [-0.1, -0.05) is 49.9 Å². The monoisotopic (exact) mass is 341 g/mol. The summed E-state index contributed by atoms with van der Waals surface area (Å²) in [4.78, 5) is 0. The van der Waals surface area contributed by atoms with E-state index in [1.54, 1.807) is 12.1 Å². The summed E-state index contributed by atoms with van der Waals surface area (Å²) in [5.41, 5.74) is -0.0323. The topological polar surface area (TPSA) is 30.7 Å². The van der Waals surface area contributed by atoms with Crippen LogP contribution in [0.1, 0.15) is 36.7 Å². The van der Waals surface area contributed by atoms with Gasteiger partial charge in [0.2, 0.25) is 0 Å². The van der Waals surface area contributed by atoms with Gasteiger partial charge in [-0.05, 0) is 11.6 Å². The first kappa shape index (κ1) is 17.6. The van der Waals surface area contributed by atoms with Gasteiger partial charge in [-0.15, -0.1) is 16.8 Å². The quantitative estimate of drug-likeness (QED) is 0.553. The van der Waals surface area contributed by atoms with Crippen LogP contribution < -0.4 is 0 Å². The number of alkyl halides is 3. The van der Waals surface area contributed by atoms with Gasteiger partial charge in [0.25, 0.3) is 0 Å². The van der Waals surface area contributed by atoms with E-state index in [1.165, 1.54) is 23.9 Å². The Balaban J connectivity index is 2.17. The largest absolute Gasteiger partial charge is 0.416 e. The van der Waals surface area contributed by atoms with Gasteiger partial charge in [-0.2, -0.15) is 13.2 Å². The molecule has 2 rings (SSSR count). The highest BCUT2D eigenvalue weighted by molar-refractivity contribution is 7.98. The minimum atomic E-state index is -4.33. The molecule has 0 saturated heterocycles. The summed E-state index contributed by atoms with van der Waals surface area (Å²) in [5, 5.41) is 9.00. The van der Waals surface area contributed by atoms with Crippen molar-refractivity contribution in [2.75, 3.05) is 0 Å². The summed E-state index contributed by atoms with van der Waals surface area (Å²) in [6.45, 7) is 8.34. The lowest BCUT2D eigenvalue weighted by Gasteiger charge is -2.10. The van der Waals surface area contributed by atoms with Gasteiger partial charge in [-0.3, -0.25) is 0 Å². The van der Waals surface area contributed by atoms with Crippen LogP contribution in [0.5, 0.6) is 0 Å². The minimum Gasteiger partial charge on any atom is -0.302 e. The Labute approximate surface area is 137 Å². The van der Waals surface area contributed by atoms with Crippen molar-refractivity contribution < 1.29 is 13.2 Å². The van der Waals surface area contributed by atoms with Crippen LogP contribution in [0.15, 0.2) is 42.1 Å². The highest BCUT2D eigenvalue weighted by Gasteiger charge is 2.30. The van der Waals surface area contributed by atoms with E-state index in [1.807, 2.05) is 18.4 Å². The molecule has 0 aliphatic heterocycles. The first-order valence-electron chi connectivity index (χ1n) is 7.16. The first-order valence-corrected chi connectivity index (χ1v) is 8.14. The number of thioether (sulfide) groups is 1. The molecule has 1 aromatic heterocycles. The van der Waals surface area contributed by atoms with Gasteiger partial charge < -0.3 is 4.57 Å². The number of rotatable bonds is 6. The Hall–Kier alpha value is -1.76. The fraction of sp³-hybridized carbons (Fsp3) is 0.375. The van der Waals surface area contributed by atoms with E-state index in [4.69, 9.17) is 0 Å². The maximum Gasteiger partial charge on any atom is 0.416 e. The fourth-order valence-corrected chi connectivity index (χ4v) is 3.02. The molecular weight excluding hydrogens is 323 g/mol. The predicted octanol–water partition coefficient (Wildman–Crippen LogP) is 4.90. The lowest BCUT2D eigenvalue weighted by molar-refractivity contribution is -0.137. The molecule has 3 nitrogen and oxygen atoms in total. The second kappa shape index (κ2) is 7.21.